The number of carbonyl (C=O) groups excluding carboxylic acids is 1. The third kappa shape index (κ3) is 5.17. The molecule has 1 amide bonds. The molecule has 0 aliphatic rings. The van der Waals surface area contributed by atoms with E-state index in [1.165, 1.54) is 0 Å². The molecule has 2 aromatic carbocycles. The quantitative estimate of drug-likeness (QED) is 0.632. The van der Waals surface area contributed by atoms with Crippen molar-refractivity contribution in [2.45, 2.75) is 12.7 Å². The van der Waals surface area contributed by atoms with Gasteiger partial charge in [0.2, 0.25) is 5.91 Å². The van der Waals surface area contributed by atoms with Crippen LogP contribution in [-0.2, 0) is 17.5 Å². The van der Waals surface area contributed by atoms with Gasteiger partial charge in [-0.2, -0.15) is 13.2 Å². The maximum atomic E-state index is 12.9. The molecule has 0 saturated carbocycles. The van der Waals surface area contributed by atoms with Gasteiger partial charge in [0.25, 0.3) is 5.56 Å². The van der Waals surface area contributed by atoms with E-state index in [4.69, 9.17) is 16.3 Å². The molecule has 3 aromatic rings. The summed E-state index contributed by atoms with van der Waals surface area (Å²) >= 11 is 5.60. The molecular weight excluding hydrogens is 409 g/mol. The molecule has 1 aromatic heterocycles. The number of halogens is 4. The third-order valence-electron chi connectivity index (χ3n) is 3.82. The number of rotatable bonds is 5. The maximum Gasteiger partial charge on any atom is 0.417 e. The summed E-state index contributed by atoms with van der Waals surface area (Å²) in [7, 11) is 0. The number of alkyl halides is 3. The van der Waals surface area contributed by atoms with Crippen molar-refractivity contribution in [3.8, 4) is 11.5 Å². The second-order valence-electron chi connectivity index (χ2n) is 5.97. The molecule has 0 spiro atoms. The van der Waals surface area contributed by atoms with Gasteiger partial charge >= 0.3 is 6.18 Å². The van der Waals surface area contributed by atoms with E-state index in [9.17, 15) is 22.8 Å². The highest BCUT2D eigenvalue weighted by Crippen LogP contribution is 2.30. The first-order valence-electron chi connectivity index (χ1n) is 8.33. The normalized spacial score (nSPS) is 11.2. The second kappa shape index (κ2) is 8.40. The molecule has 150 valence electrons. The predicted molar refractivity (Wildman–Crippen MR) is 102 cm³/mol. The van der Waals surface area contributed by atoms with Crippen LogP contribution in [-0.4, -0.2) is 10.5 Å². The van der Waals surface area contributed by atoms with E-state index in [2.05, 4.69) is 5.32 Å². The van der Waals surface area contributed by atoms with Crippen molar-refractivity contribution in [1.82, 2.24) is 4.57 Å². The van der Waals surface area contributed by atoms with Crippen molar-refractivity contribution in [2.75, 3.05) is 5.32 Å². The number of aromatic nitrogens is 1. The van der Waals surface area contributed by atoms with Crippen molar-refractivity contribution in [3.63, 3.8) is 0 Å². The Hall–Kier alpha value is -3.26. The molecule has 0 aliphatic heterocycles. The van der Waals surface area contributed by atoms with Crippen molar-refractivity contribution in [2.24, 2.45) is 0 Å². The van der Waals surface area contributed by atoms with Gasteiger partial charge in [-0.1, -0.05) is 41.9 Å². The van der Waals surface area contributed by atoms with Gasteiger partial charge in [-0.25, -0.2) is 0 Å². The average Bonchev–Trinajstić information content (AvgIpc) is 2.67. The zero-order valence-corrected chi connectivity index (χ0v) is 15.5. The maximum absolute atomic E-state index is 12.9. The number of benzene rings is 2. The van der Waals surface area contributed by atoms with Gasteiger partial charge in [-0.05, 0) is 30.3 Å². The zero-order chi connectivity index (χ0) is 21.0. The first-order valence-corrected chi connectivity index (χ1v) is 8.71. The largest absolute Gasteiger partial charge is 0.455 e. The molecule has 0 aliphatic carbocycles. The monoisotopic (exact) mass is 422 g/mol. The van der Waals surface area contributed by atoms with Gasteiger partial charge in [0, 0.05) is 6.20 Å². The fraction of sp³-hybridized carbons (Fsp3) is 0.100. The lowest BCUT2D eigenvalue weighted by Gasteiger charge is -2.14. The van der Waals surface area contributed by atoms with Gasteiger partial charge in [0.15, 0.2) is 5.75 Å². The van der Waals surface area contributed by atoms with Crippen LogP contribution in [0.15, 0.2) is 71.7 Å². The van der Waals surface area contributed by atoms with Crippen LogP contribution < -0.4 is 15.6 Å². The molecule has 29 heavy (non-hydrogen) atoms. The summed E-state index contributed by atoms with van der Waals surface area (Å²) in [6.45, 7) is -0.651. The van der Waals surface area contributed by atoms with E-state index < -0.39 is 34.8 Å². The Bertz CT molecular complexity index is 1080. The summed E-state index contributed by atoms with van der Waals surface area (Å²) in [4.78, 5) is 24.4. The number of hydrogen-bond acceptors (Lipinski definition) is 3. The van der Waals surface area contributed by atoms with E-state index in [0.717, 1.165) is 0 Å². The molecule has 3 rings (SSSR count). The summed E-state index contributed by atoms with van der Waals surface area (Å²) in [6, 6.07) is 15.9. The summed E-state index contributed by atoms with van der Waals surface area (Å²) in [6.07, 6.45) is -4.15. The van der Waals surface area contributed by atoms with Gasteiger partial charge in [-0.15, -0.1) is 0 Å². The number of anilines is 1. The highest BCUT2D eigenvalue weighted by molar-refractivity contribution is 6.30. The lowest BCUT2D eigenvalue weighted by atomic mass is 10.2. The Kier molecular flexibility index (Phi) is 5.93. The SMILES string of the molecule is O=C(Cn1cc(C(F)(F)F)cc(Cl)c1=O)Nc1ccccc1Oc1ccccc1. The molecule has 0 saturated heterocycles. The molecule has 0 unspecified atom stereocenters. The lowest BCUT2D eigenvalue weighted by molar-refractivity contribution is -0.138. The Labute approximate surface area is 168 Å². The molecule has 0 atom stereocenters. The minimum Gasteiger partial charge on any atom is -0.455 e. The first-order chi connectivity index (χ1) is 13.7. The van der Waals surface area contributed by atoms with Crippen LogP contribution in [0.5, 0.6) is 11.5 Å². The fourth-order valence-electron chi connectivity index (χ4n) is 2.49. The number of carbonyl (C=O) groups is 1. The van der Waals surface area contributed by atoms with Crippen LogP contribution in [0.4, 0.5) is 18.9 Å². The smallest absolute Gasteiger partial charge is 0.417 e. The van der Waals surface area contributed by atoms with Crippen molar-refractivity contribution in [1.29, 1.82) is 0 Å². The molecule has 0 fully saturated rings. The molecule has 0 radical (unpaired) electrons. The highest BCUT2D eigenvalue weighted by Gasteiger charge is 2.32. The van der Waals surface area contributed by atoms with Gasteiger partial charge in [0.05, 0.1) is 11.3 Å². The van der Waals surface area contributed by atoms with Crippen LogP contribution in [0.1, 0.15) is 5.56 Å². The van der Waals surface area contributed by atoms with Crippen LogP contribution in [0.3, 0.4) is 0 Å². The summed E-state index contributed by atoms with van der Waals surface area (Å²) in [5.41, 5.74) is -1.72. The standard InChI is InChI=1S/C20H14ClF3N2O3/c21-15-10-13(20(22,23)24)11-26(19(15)28)12-18(27)25-16-8-4-5-9-17(16)29-14-6-2-1-3-7-14/h1-11H,12H2,(H,25,27). The molecular formula is C20H14ClF3N2O3. The Morgan fingerprint density at radius 2 is 1.72 bits per heavy atom. The van der Waals surface area contributed by atoms with Crippen LogP contribution in [0.2, 0.25) is 5.02 Å². The van der Waals surface area contributed by atoms with E-state index in [1.807, 2.05) is 6.07 Å². The average molecular weight is 423 g/mol. The topological polar surface area (TPSA) is 60.3 Å². The molecule has 1 heterocycles. The number of nitrogens with zero attached hydrogens (tertiary/aromatic N) is 1. The summed E-state index contributed by atoms with van der Waals surface area (Å²) < 4.78 is 45.1. The molecule has 0 bridgehead atoms. The second-order valence-corrected chi connectivity index (χ2v) is 6.37. The van der Waals surface area contributed by atoms with E-state index in [-0.39, 0.29) is 0 Å². The van der Waals surface area contributed by atoms with E-state index >= 15 is 0 Å². The van der Waals surface area contributed by atoms with E-state index in [0.29, 0.717) is 34.0 Å². The van der Waals surface area contributed by atoms with E-state index in [1.54, 1.807) is 48.5 Å². The number of hydrogen-bond donors (Lipinski definition) is 1. The Morgan fingerprint density at radius 3 is 2.41 bits per heavy atom. The number of amides is 1. The molecule has 1 N–H and O–H groups in total. The van der Waals surface area contributed by atoms with Crippen molar-refractivity contribution in [3.05, 3.63) is 87.8 Å². The lowest BCUT2D eigenvalue weighted by Crippen LogP contribution is -2.29. The van der Waals surface area contributed by atoms with Crippen LogP contribution >= 0.6 is 11.6 Å². The van der Waals surface area contributed by atoms with Crippen LogP contribution in [0.25, 0.3) is 0 Å². The van der Waals surface area contributed by atoms with Gasteiger partial charge in [-0.3, -0.25) is 9.59 Å². The first kappa shape index (κ1) is 20.5. The number of pyridine rings is 1. The number of ether oxygens (including phenoxy) is 1. The zero-order valence-electron chi connectivity index (χ0n) is 14.7. The highest BCUT2D eigenvalue weighted by atomic mass is 35.5. The summed E-state index contributed by atoms with van der Waals surface area (Å²) in [5, 5.41) is 1.91. The predicted octanol–water partition coefficient (Wildman–Crippen LogP) is 4.95. The van der Waals surface area contributed by atoms with Gasteiger partial charge in [0.1, 0.15) is 17.3 Å². The number of para-hydroxylation sites is 3. The van der Waals surface area contributed by atoms with Crippen molar-refractivity contribution >= 4 is 23.2 Å². The molecule has 5 nitrogen and oxygen atoms in total. The molecule has 9 heteroatoms. The fourth-order valence-corrected chi connectivity index (χ4v) is 2.72. The third-order valence-corrected chi connectivity index (χ3v) is 4.09. The Balaban J connectivity index is 1.80. The number of nitrogens with one attached hydrogen (secondary N) is 1. The Morgan fingerprint density at radius 1 is 1.07 bits per heavy atom. The minimum atomic E-state index is -4.70. The summed E-state index contributed by atoms with van der Waals surface area (Å²) in [5.74, 6) is 0.156. The minimum absolute atomic E-state index is 0.299. The van der Waals surface area contributed by atoms with Gasteiger partial charge < -0.3 is 14.6 Å². The van der Waals surface area contributed by atoms with Crippen molar-refractivity contribution < 1.29 is 22.7 Å². The van der Waals surface area contributed by atoms with Crippen LogP contribution in [0, 0.1) is 0 Å².